The fraction of sp³-hybridized carbons (Fsp3) is 0.312. The van der Waals surface area contributed by atoms with Crippen LogP contribution in [-0.4, -0.2) is 65.8 Å². The van der Waals surface area contributed by atoms with Crippen molar-refractivity contribution in [3.05, 3.63) is 101 Å². The van der Waals surface area contributed by atoms with Crippen LogP contribution in [0.2, 0.25) is 0 Å². The molecule has 2 fully saturated rings. The van der Waals surface area contributed by atoms with Gasteiger partial charge < -0.3 is 4.90 Å². The maximum atomic E-state index is 14.0. The predicted octanol–water partition coefficient (Wildman–Crippen LogP) is 5.39. The van der Waals surface area contributed by atoms with Gasteiger partial charge in [-0.25, -0.2) is 4.39 Å². The minimum absolute atomic E-state index is 0. The van der Waals surface area contributed by atoms with E-state index in [0.29, 0.717) is 12.1 Å². The number of benzene rings is 3. The monoisotopic (exact) mass is 545 g/mol. The second-order valence-corrected chi connectivity index (χ2v) is 10.4. The van der Waals surface area contributed by atoms with Crippen LogP contribution in [0.1, 0.15) is 36.0 Å². The minimum Gasteiger partial charge on any atom is -0.303 e. The number of rotatable bonds is 6. The highest BCUT2D eigenvalue weighted by Crippen LogP contribution is 2.46. The first-order chi connectivity index (χ1) is 18.6. The lowest BCUT2D eigenvalue weighted by Gasteiger charge is -2.34. The number of carbonyl (C=O) groups excluding carboxylic acids is 2. The third-order valence-electron chi connectivity index (χ3n) is 8.02. The van der Waals surface area contributed by atoms with E-state index in [9.17, 15) is 14.0 Å². The van der Waals surface area contributed by atoms with Crippen molar-refractivity contribution in [2.75, 3.05) is 39.3 Å². The van der Waals surface area contributed by atoms with Gasteiger partial charge in [0.05, 0.1) is 13.1 Å². The predicted molar refractivity (Wildman–Crippen MR) is 154 cm³/mol. The molecule has 0 N–H and O–H groups in total. The Morgan fingerprint density at radius 2 is 1.21 bits per heavy atom. The van der Waals surface area contributed by atoms with Crippen molar-refractivity contribution < 1.29 is 14.0 Å². The molecular formula is C32H33ClFN3O2. The zero-order valence-electron chi connectivity index (χ0n) is 21.9. The largest absolute Gasteiger partial charge is 0.303 e. The standard InChI is InChI=1S/C32H32FN3O2.ClH/c33-29-13-6-1-8-24(29)20-35-21-30(37)36(31(38)22-35)17-7-16-34-18-14-23(15-19-34)32-27-11-4-2-9-25(27)26-10-3-5-12-28(26)32;/h1-6,8-13H,7,14-22H2;1H. The summed E-state index contributed by atoms with van der Waals surface area (Å²) < 4.78 is 14.0. The molecule has 2 heterocycles. The zero-order valence-corrected chi connectivity index (χ0v) is 22.8. The number of halogens is 2. The smallest absolute Gasteiger partial charge is 0.243 e. The van der Waals surface area contributed by atoms with Crippen LogP contribution in [0.5, 0.6) is 0 Å². The first kappa shape index (κ1) is 27.3. The summed E-state index contributed by atoms with van der Waals surface area (Å²) in [5.74, 6) is -0.694. The van der Waals surface area contributed by atoms with Gasteiger partial charge in [-0.2, -0.15) is 0 Å². The van der Waals surface area contributed by atoms with Crippen LogP contribution < -0.4 is 0 Å². The number of nitrogens with zero attached hydrogens (tertiary/aromatic N) is 3. The van der Waals surface area contributed by atoms with Gasteiger partial charge in [0.2, 0.25) is 11.8 Å². The molecule has 5 nitrogen and oxygen atoms in total. The van der Waals surface area contributed by atoms with Gasteiger partial charge in [0, 0.05) is 31.7 Å². The molecule has 2 saturated heterocycles. The Labute approximate surface area is 235 Å². The lowest BCUT2D eigenvalue weighted by Crippen LogP contribution is -2.54. The van der Waals surface area contributed by atoms with Crippen molar-refractivity contribution in [1.82, 2.24) is 14.7 Å². The van der Waals surface area contributed by atoms with E-state index in [1.54, 1.807) is 23.1 Å². The number of hydrogen-bond donors (Lipinski definition) is 0. The van der Waals surface area contributed by atoms with Crippen molar-refractivity contribution in [3.63, 3.8) is 0 Å². The van der Waals surface area contributed by atoms with Gasteiger partial charge in [0.15, 0.2) is 0 Å². The Hall–Kier alpha value is -3.32. The summed E-state index contributed by atoms with van der Waals surface area (Å²) in [6.07, 6.45) is 2.83. The van der Waals surface area contributed by atoms with Crippen LogP contribution in [0.15, 0.2) is 78.4 Å². The Bertz CT molecular complexity index is 1350. The van der Waals surface area contributed by atoms with Crippen LogP contribution >= 0.6 is 12.4 Å². The number of amides is 2. The number of fused-ring (bicyclic) bond motifs is 3. The first-order valence-corrected chi connectivity index (χ1v) is 13.5. The van der Waals surface area contributed by atoms with E-state index >= 15 is 0 Å². The number of piperidine rings is 1. The quantitative estimate of drug-likeness (QED) is 0.305. The highest BCUT2D eigenvalue weighted by molar-refractivity contribution is 6.02. The molecule has 2 amide bonds. The lowest BCUT2D eigenvalue weighted by molar-refractivity contribution is -0.151. The SMILES string of the molecule is Cl.O=C1CN(Cc2ccccc2F)CC(=O)N1CCCN1CCC(=C2c3ccccc3-c3ccccc32)CC1. The van der Waals surface area contributed by atoms with E-state index in [4.69, 9.17) is 0 Å². The summed E-state index contributed by atoms with van der Waals surface area (Å²) in [5, 5.41) is 0. The average molecular weight is 546 g/mol. The fourth-order valence-corrected chi connectivity index (χ4v) is 6.12. The normalized spacial score (nSPS) is 17.7. The van der Waals surface area contributed by atoms with E-state index in [0.717, 1.165) is 38.9 Å². The zero-order chi connectivity index (χ0) is 26.1. The molecule has 2 aliphatic heterocycles. The van der Waals surface area contributed by atoms with E-state index in [-0.39, 0.29) is 49.7 Å². The number of hydrogen-bond acceptors (Lipinski definition) is 4. The van der Waals surface area contributed by atoms with Crippen molar-refractivity contribution in [2.24, 2.45) is 0 Å². The van der Waals surface area contributed by atoms with E-state index in [1.807, 2.05) is 0 Å². The number of imide groups is 1. The molecular weight excluding hydrogens is 513 g/mol. The molecule has 3 aliphatic rings. The summed E-state index contributed by atoms with van der Waals surface area (Å²) in [6.45, 7) is 3.83. The molecule has 3 aromatic carbocycles. The maximum Gasteiger partial charge on any atom is 0.243 e. The Kier molecular flexibility index (Phi) is 8.26. The summed E-state index contributed by atoms with van der Waals surface area (Å²) in [5.41, 5.74) is 8.81. The molecule has 0 atom stereocenters. The van der Waals surface area contributed by atoms with Crippen molar-refractivity contribution in [2.45, 2.75) is 25.8 Å². The van der Waals surface area contributed by atoms with Crippen LogP contribution in [0.3, 0.4) is 0 Å². The Morgan fingerprint density at radius 1 is 0.667 bits per heavy atom. The van der Waals surface area contributed by atoms with E-state index in [2.05, 4.69) is 53.4 Å². The molecule has 0 spiro atoms. The molecule has 7 heteroatoms. The highest BCUT2D eigenvalue weighted by atomic mass is 35.5. The summed E-state index contributed by atoms with van der Waals surface area (Å²) in [4.78, 5) is 31.0. The van der Waals surface area contributed by atoms with Crippen LogP contribution in [0.25, 0.3) is 16.7 Å². The third-order valence-corrected chi connectivity index (χ3v) is 8.02. The molecule has 0 saturated carbocycles. The summed E-state index contributed by atoms with van der Waals surface area (Å²) in [7, 11) is 0. The summed E-state index contributed by atoms with van der Waals surface area (Å²) >= 11 is 0. The van der Waals surface area contributed by atoms with Gasteiger partial charge in [-0.1, -0.05) is 72.3 Å². The third kappa shape index (κ3) is 5.55. The molecule has 39 heavy (non-hydrogen) atoms. The highest BCUT2D eigenvalue weighted by Gasteiger charge is 2.31. The molecule has 1 aliphatic carbocycles. The van der Waals surface area contributed by atoms with Crippen LogP contribution in [0.4, 0.5) is 4.39 Å². The Morgan fingerprint density at radius 3 is 1.79 bits per heavy atom. The topological polar surface area (TPSA) is 43.9 Å². The van der Waals surface area contributed by atoms with E-state index in [1.165, 1.54) is 44.4 Å². The van der Waals surface area contributed by atoms with Gasteiger partial charge in [0.25, 0.3) is 0 Å². The minimum atomic E-state index is -0.309. The molecule has 202 valence electrons. The fourth-order valence-electron chi connectivity index (χ4n) is 6.12. The van der Waals surface area contributed by atoms with Gasteiger partial charge >= 0.3 is 0 Å². The van der Waals surface area contributed by atoms with Gasteiger partial charge in [0.1, 0.15) is 5.82 Å². The van der Waals surface area contributed by atoms with E-state index < -0.39 is 0 Å². The molecule has 6 rings (SSSR count). The van der Waals surface area contributed by atoms with Gasteiger partial charge in [-0.3, -0.25) is 19.4 Å². The molecule has 0 radical (unpaired) electrons. The van der Waals surface area contributed by atoms with Crippen LogP contribution in [-0.2, 0) is 16.1 Å². The van der Waals surface area contributed by atoms with Crippen molar-refractivity contribution in [3.8, 4) is 11.1 Å². The maximum absolute atomic E-state index is 14.0. The van der Waals surface area contributed by atoms with Gasteiger partial charge in [-0.15, -0.1) is 12.4 Å². The van der Waals surface area contributed by atoms with Gasteiger partial charge in [-0.05, 0) is 59.7 Å². The average Bonchev–Trinajstić information content (AvgIpc) is 3.26. The molecule has 0 aromatic heterocycles. The lowest BCUT2D eigenvalue weighted by atomic mass is 9.91. The number of carbonyl (C=O) groups is 2. The first-order valence-electron chi connectivity index (χ1n) is 13.5. The Balaban J connectivity index is 0.00000308. The second-order valence-electron chi connectivity index (χ2n) is 10.4. The van der Waals surface area contributed by atoms with Crippen LogP contribution in [0, 0.1) is 5.82 Å². The van der Waals surface area contributed by atoms with Crippen molar-refractivity contribution >= 4 is 29.8 Å². The molecule has 0 bridgehead atoms. The second kappa shape index (κ2) is 11.8. The van der Waals surface area contributed by atoms with Crippen molar-refractivity contribution in [1.29, 1.82) is 0 Å². The number of likely N-dealkylation sites (tertiary alicyclic amines) is 1. The number of piperazine rings is 1. The molecule has 3 aromatic rings. The molecule has 0 unspecified atom stereocenters. The summed E-state index contributed by atoms with van der Waals surface area (Å²) in [6, 6.07) is 23.9.